The summed E-state index contributed by atoms with van der Waals surface area (Å²) in [6.45, 7) is 6.22. The quantitative estimate of drug-likeness (QED) is 0.580. The molecule has 0 fully saturated rings. The minimum atomic E-state index is -0.907. The monoisotopic (exact) mass is 507 g/mol. The summed E-state index contributed by atoms with van der Waals surface area (Å²) in [5.74, 6) is -2.27. The largest absolute Gasteiger partial charge is 0.481 e. The Morgan fingerprint density at radius 1 is 1.26 bits per heavy atom. The van der Waals surface area contributed by atoms with E-state index < -0.39 is 23.6 Å². The second-order valence-corrected chi connectivity index (χ2v) is 10.9. The number of thiazole rings is 1. The minimum Gasteiger partial charge on any atom is -0.481 e. The number of carboxylic acid groups (broad SMARTS) is 1. The van der Waals surface area contributed by atoms with E-state index in [1.54, 1.807) is 18.0 Å². The van der Waals surface area contributed by atoms with Crippen LogP contribution in [0.5, 0.6) is 0 Å². The lowest BCUT2D eigenvalue weighted by molar-refractivity contribution is -0.144. The van der Waals surface area contributed by atoms with Crippen LogP contribution in [0.4, 0.5) is 4.79 Å². The van der Waals surface area contributed by atoms with Crippen molar-refractivity contribution in [2.75, 3.05) is 20.7 Å². The van der Waals surface area contributed by atoms with Crippen LogP contribution in [-0.4, -0.2) is 70.1 Å². The molecule has 0 bridgehead atoms. The zero-order chi connectivity index (χ0) is 25.9. The fourth-order valence-electron chi connectivity index (χ4n) is 4.30. The lowest BCUT2D eigenvalue weighted by Crippen LogP contribution is -2.39. The van der Waals surface area contributed by atoms with Gasteiger partial charge in [0.15, 0.2) is 5.01 Å². The van der Waals surface area contributed by atoms with Crippen molar-refractivity contribution in [2.45, 2.75) is 65.0 Å². The standard InChI is InChI=1S/C24H33N3O7S/c1-24(2,3)34-23(32)27-11-10-16-18(13-27)35-20(25-16)21(30)26(4)17-12-15(22(31)33-5)7-6-14(17)8-9-19(28)29/h12,14-15H,6-11,13H2,1-5H3,(H,28,29)/t14-,15?/m1/s1. The van der Waals surface area contributed by atoms with Crippen LogP contribution in [0.3, 0.4) is 0 Å². The van der Waals surface area contributed by atoms with Crippen LogP contribution in [0, 0.1) is 11.8 Å². The lowest BCUT2D eigenvalue weighted by Gasteiger charge is -2.32. The van der Waals surface area contributed by atoms with Gasteiger partial charge in [0.1, 0.15) is 5.60 Å². The summed E-state index contributed by atoms with van der Waals surface area (Å²) in [6, 6.07) is 0. The molecule has 1 N–H and O–H groups in total. The number of carbonyl (C=O) groups is 4. The summed E-state index contributed by atoms with van der Waals surface area (Å²) in [5.41, 5.74) is 0.808. The van der Waals surface area contributed by atoms with Gasteiger partial charge in [-0.15, -0.1) is 11.3 Å². The van der Waals surface area contributed by atoms with Crippen LogP contribution in [0.1, 0.15) is 66.8 Å². The van der Waals surface area contributed by atoms with Crippen molar-refractivity contribution in [3.63, 3.8) is 0 Å². The molecule has 1 aliphatic heterocycles. The van der Waals surface area contributed by atoms with Crippen molar-refractivity contribution < 1.29 is 33.8 Å². The van der Waals surface area contributed by atoms with Gasteiger partial charge in [-0.05, 0) is 46.0 Å². The van der Waals surface area contributed by atoms with E-state index in [0.29, 0.717) is 49.5 Å². The number of fused-ring (bicyclic) bond motifs is 1. The van der Waals surface area contributed by atoms with Gasteiger partial charge in [0, 0.05) is 37.0 Å². The molecule has 1 aliphatic carbocycles. The van der Waals surface area contributed by atoms with Gasteiger partial charge in [0.25, 0.3) is 5.91 Å². The Bertz CT molecular complexity index is 1030. The van der Waals surface area contributed by atoms with Crippen molar-refractivity contribution in [1.29, 1.82) is 0 Å². The molecule has 0 saturated heterocycles. The van der Waals surface area contributed by atoms with Crippen molar-refractivity contribution in [1.82, 2.24) is 14.8 Å². The summed E-state index contributed by atoms with van der Waals surface area (Å²) in [6.07, 6.45) is 3.30. The average Bonchev–Trinajstić information content (AvgIpc) is 3.23. The highest BCUT2D eigenvalue weighted by atomic mass is 32.1. The molecule has 1 aromatic heterocycles. The van der Waals surface area contributed by atoms with Crippen LogP contribution in [0.25, 0.3) is 0 Å². The molecular weight excluding hydrogens is 474 g/mol. The number of rotatable bonds is 6. The number of esters is 1. The topological polar surface area (TPSA) is 126 Å². The number of methoxy groups -OCH3 is 1. The van der Waals surface area contributed by atoms with Crippen molar-refractivity contribution in [2.24, 2.45) is 11.8 Å². The molecule has 0 radical (unpaired) electrons. The first-order valence-corrected chi connectivity index (χ1v) is 12.5. The molecule has 35 heavy (non-hydrogen) atoms. The van der Waals surface area contributed by atoms with Gasteiger partial charge in [-0.2, -0.15) is 0 Å². The Labute approximate surface area is 208 Å². The lowest BCUT2D eigenvalue weighted by atomic mass is 9.82. The van der Waals surface area contributed by atoms with Gasteiger partial charge in [0.05, 0.1) is 25.3 Å². The van der Waals surface area contributed by atoms with Crippen LogP contribution in [0.15, 0.2) is 11.8 Å². The Hall–Kier alpha value is -2.95. The van der Waals surface area contributed by atoms with E-state index in [-0.39, 0.29) is 24.2 Å². The second kappa shape index (κ2) is 10.8. The zero-order valence-corrected chi connectivity index (χ0v) is 21.6. The summed E-state index contributed by atoms with van der Waals surface area (Å²) in [4.78, 5) is 57.6. The third kappa shape index (κ3) is 6.59. The number of carbonyl (C=O) groups excluding carboxylic acids is 3. The van der Waals surface area contributed by atoms with Gasteiger partial charge in [0.2, 0.25) is 0 Å². The van der Waals surface area contributed by atoms with Crippen LogP contribution < -0.4 is 0 Å². The number of nitrogens with zero attached hydrogens (tertiary/aromatic N) is 3. The number of carboxylic acids is 1. The molecule has 11 heteroatoms. The number of hydrogen-bond donors (Lipinski definition) is 1. The number of aromatic nitrogens is 1. The molecule has 0 saturated carbocycles. The van der Waals surface area contributed by atoms with E-state index in [9.17, 15) is 19.2 Å². The number of allylic oxidation sites excluding steroid dienone is 1. The van der Waals surface area contributed by atoms with Crippen molar-refractivity contribution >= 4 is 35.3 Å². The van der Waals surface area contributed by atoms with Crippen molar-refractivity contribution in [3.05, 3.63) is 27.4 Å². The molecule has 192 valence electrons. The molecule has 0 spiro atoms. The summed E-state index contributed by atoms with van der Waals surface area (Å²) >= 11 is 1.24. The molecule has 2 aliphatic rings. The normalized spacial score (nSPS) is 19.9. The van der Waals surface area contributed by atoms with Gasteiger partial charge in [-0.1, -0.05) is 6.08 Å². The summed E-state index contributed by atoms with van der Waals surface area (Å²) in [5, 5.41) is 9.42. The Morgan fingerprint density at radius 3 is 2.60 bits per heavy atom. The molecule has 1 unspecified atom stereocenters. The summed E-state index contributed by atoms with van der Waals surface area (Å²) in [7, 11) is 2.94. The van der Waals surface area contributed by atoms with Gasteiger partial charge in [-0.25, -0.2) is 9.78 Å². The van der Waals surface area contributed by atoms with E-state index in [1.165, 1.54) is 23.3 Å². The average molecular weight is 508 g/mol. The molecule has 1 aromatic rings. The van der Waals surface area contributed by atoms with E-state index in [2.05, 4.69) is 4.98 Å². The Balaban J connectivity index is 1.79. The molecular formula is C24H33N3O7S. The first-order valence-electron chi connectivity index (χ1n) is 11.7. The van der Waals surface area contributed by atoms with Gasteiger partial charge < -0.3 is 24.4 Å². The van der Waals surface area contributed by atoms with Crippen LogP contribution >= 0.6 is 11.3 Å². The molecule has 0 aromatic carbocycles. The van der Waals surface area contributed by atoms with Crippen LogP contribution in [0.2, 0.25) is 0 Å². The number of aliphatic carboxylic acids is 1. The fourth-order valence-corrected chi connectivity index (χ4v) is 5.40. The number of hydrogen-bond acceptors (Lipinski definition) is 8. The predicted molar refractivity (Wildman–Crippen MR) is 128 cm³/mol. The molecule has 10 nitrogen and oxygen atoms in total. The van der Waals surface area contributed by atoms with E-state index in [1.807, 2.05) is 20.8 Å². The van der Waals surface area contributed by atoms with Gasteiger partial charge in [-0.3, -0.25) is 14.4 Å². The molecule has 2 amide bonds. The maximum Gasteiger partial charge on any atom is 0.410 e. The maximum absolute atomic E-state index is 13.4. The van der Waals surface area contributed by atoms with E-state index in [0.717, 1.165) is 10.6 Å². The van der Waals surface area contributed by atoms with Crippen molar-refractivity contribution in [3.8, 4) is 0 Å². The SMILES string of the molecule is COC(=O)C1C=C(N(C)C(=O)c2nc3c(s2)CN(C(=O)OC(C)(C)C)CC3)[C@@H](CCC(=O)O)CC1. The molecule has 2 atom stereocenters. The summed E-state index contributed by atoms with van der Waals surface area (Å²) < 4.78 is 10.3. The first kappa shape index (κ1) is 26.7. The number of amides is 2. The number of ether oxygens (including phenoxy) is 2. The predicted octanol–water partition coefficient (Wildman–Crippen LogP) is 3.46. The first-order chi connectivity index (χ1) is 16.4. The highest BCUT2D eigenvalue weighted by molar-refractivity contribution is 7.13. The zero-order valence-electron chi connectivity index (χ0n) is 20.8. The Morgan fingerprint density at radius 2 is 1.97 bits per heavy atom. The second-order valence-electron chi connectivity index (χ2n) is 9.83. The molecule has 2 heterocycles. The highest BCUT2D eigenvalue weighted by Gasteiger charge is 2.34. The minimum absolute atomic E-state index is 0.0288. The Kier molecular flexibility index (Phi) is 8.19. The third-order valence-electron chi connectivity index (χ3n) is 6.08. The van der Waals surface area contributed by atoms with E-state index >= 15 is 0 Å². The third-order valence-corrected chi connectivity index (χ3v) is 7.16. The van der Waals surface area contributed by atoms with Gasteiger partial charge >= 0.3 is 18.0 Å². The molecule has 3 rings (SSSR count). The van der Waals surface area contributed by atoms with E-state index in [4.69, 9.17) is 14.6 Å². The maximum atomic E-state index is 13.4. The van der Waals surface area contributed by atoms with Crippen LogP contribution in [-0.2, 0) is 32.0 Å². The smallest absolute Gasteiger partial charge is 0.410 e. The highest BCUT2D eigenvalue weighted by Crippen LogP contribution is 2.35. The fraction of sp³-hybridized carbons (Fsp3) is 0.625.